The van der Waals surface area contributed by atoms with Crippen LogP contribution in [0.1, 0.15) is 29.0 Å². The molecule has 3 aromatic heterocycles. The van der Waals surface area contributed by atoms with E-state index in [2.05, 4.69) is 31.8 Å². The van der Waals surface area contributed by atoms with Crippen LogP contribution in [-0.4, -0.2) is 38.6 Å². The van der Waals surface area contributed by atoms with E-state index in [4.69, 9.17) is 5.73 Å². The van der Waals surface area contributed by atoms with Crippen LogP contribution in [0.4, 0.5) is 11.5 Å². The third kappa shape index (κ3) is 5.87. The van der Waals surface area contributed by atoms with Crippen LogP contribution in [0.5, 0.6) is 0 Å². The topological polar surface area (TPSA) is 128 Å². The van der Waals surface area contributed by atoms with E-state index in [9.17, 15) is 9.59 Å². The van der Waals surface area contributed by atoms with Crippen molar-refractivity contribution in [2.24, 2.45) is 18.7 Å². The van der Waals surface area contributed by atoms with Crippen LogP contribution in [0.2, 0.25) is 0 Å². The molecule has 1 aliphatic rings. The maximum Gasteiger partial charge on any atom is 0.271 e. The van der Waals surface area contributed by atoms with Crippen LogP contribution in [0.25, 0.3) is 11.3 Å². The summed E-state index contributed by atoms with van der Waals surface area (Å²) in [6.07, 6.45) is 6.50. The lowest BCUT2D eigenvalue weighted by molar-refractivity contribution is -0.105. The maximum absolute atomic E-state index is 10.7. The molecule has 0 radical (unpaired) electrons. The van der Waals surface area contributed by atoms with Crippen LogP contribution in [0, 0.1) is 12.8 Å². The summed E-state index contributed by atoms with van der Waals surface area (Å²) >= 11 is 0. The fourth-order valence-electron chi connectivity index (χ4n) is 2.80. The van der Waals surface area contributed by atoms with Crippen LogP contribution in [0.15, 0.2) is 42.7 Å². The van der Waals surface area contributed by atoms with Gasteiger partial charge < -0.3 is 16.4 Å². The van der Waals surface area contributed by atoms with E-state index in [0.29, 0.717) is 12.1 Å². The van der Waals surface area contributed by atoms with Crippen molar-refractivity contribution in [3.63, 3.8) is 0 Å². The summed E-state index contributed by atoms with van der Waals surface area (Å²) in [4.78, 5) is 29.6. The van der Waals surface area contributed by atoms with Crippen molar-refractivity contribution >= 4 is 23.8 Å². The quantitative estimate of drug-likeness (QED) is 0.516. The molecule has 0 atom stereocenters. The van der Waals surface area contributed by atoms with Crippen molar-refractivity contribution in [2.75, 3.05) is 17.2 Å². The lowest BCUT2D eigenvalue weighted by Crippen LogP contribution is -2.14. The predicted molar refractivity (Wildman–Crippen MR) is 115 cm³/mol. The lowest BCUT2D eigenvalue weighted by atomic mass is 10.1. The first-order chi connectivity index (χ1) is 14.5. The van der Waals surface area contributed by atoms with Crippen molar-refractivity contribution in [1.82, 2.24) is 19.7 Å². The molecule has 4 N–H and O–H groups in total. The van der Waals surface area contributed by atoms with Crippen LogP contribution in [-0.2, 0) is 11.8 Å². The molecule has 0 aromatic carbocycles. The number of nitrogens with zero attached hydrogens (tertiary/aromatic N) is 4. The van der Waals surface area contributed by atoms with E-state index < -0.39 is 5.91 Å². The van der Waals surface area contributed by atoms with Gasteiger partial charge in [-0.25, -0.2) is 4.98 Å². The third-order valence-electron chi connectivity index (χ3n) is 4.49. The number of carbonyl (C=O) groups is 2. The number of hydrogen-bond donors (Lipinski definition) is 3. The Labute approximate surface area is 174 Å². The Hall–Kier alpha value is -3.75. The van der Waals surface area contributed by atoms with Gasteiger partial charge in [-0.1, -0.05) is 6.07 Å². The van der Waals surface area contributed by atoms with Gasteiger partial charge in [0.05, 0.1) is 11.4 Å². The molecule has 2 amide bonds. The van der Waals surface area contributed by atoms with Crippen molar-refractivity contribution < 1.29 is 9.59 Å². The van der Waals surface area contributed by atoms with E-state index in [1.807, 2.05) is 37.4 Å². The highest BCUT2D eigenvalue weighted by Gasteiger charge is 2.20. The molecule has 9 nitrogen and oxygen atoms in total. The molecule has 0 bridgehead atoms. The van der Waals surface area contributed by atoms with E-state index in [1.165, 1.54) is 23.7 Å². The molecule has 0 saturated heterocycles. The molecule has 0 unspecified atom stereocenters. The molecule has 0 aliphatic heterocycles. The molecular formula is C21H25N7O2. The number of anilines is 2. The van der Waals surface area contributed by atoms with Crippen LogP contribution >= 0.6 is 0 Å². The van der Waals surface area contributed by atoms with Crippen LogP contribution < -0.4 is 16.4 Å². The minimum atomic E-state index is -0.667. The van der Waals surface area contributed by atoms with Crippen molar-refractivity contribution in [3.05, 3.63) is 54.1 Å². The predicted octanol–water partition coefficient (Wildman–Crippen LogP) is 2.36. The molecule has 1 saturated carbocycles. The molecule has 3 heterocycles. The third-order valence-corrected chi connectivity index (χ3v) is 4.49. The largest absolute Gasteiger partial charge is 0.370 e. The van der Waals surface area contributed by atoms with Gasteiger partial charge in [-0.15, -0.1) is 0 Å². The Balaban J connectivity index is 0.000000187. The SMILES string of the molecule is Cc1cccc(-c2ccnc(NCC3CC3)c2)n1.Cn1cc(NC=O)c(C(N)=O)n1. The first kappa shape index (κ1) is 21.0. The highest BCUT2D eigenvalue weighted by Crippen LogP contribution is 2.29. The standard InChI is InChI=1S/C15H17N3.C6H8N4O2/c1-11-3-2-4-14(18-11)13-7-8-16-15(9-13)17-10-12-5-6-12;1-10-2-4(8-3-11)5(9-10)6(7)12/h2-4,7-9,12H,5-6,10H2,1H3,(H,16,17);2-3H,1H3,(H2,7,12)(H,8,11). The number of amides is 2. The second-order valence-corrected chi connectivity index (χ2v) is 7.11. The van der Waals surface area contributed by atoms with E-state index in [1.54, 1.807) is 7.05 Å². The summed E-state index contributed by atoms with van der Waals surface area (Å²) in [6, 6.07) is 10.2. The van der Waals surface area contributed by atoms with Gasteiger partial charge in [0.15, 0.2) is 5.69 Å². The zero-order chi connectivity index (χ0) is 21.5. The van der Waals surface area contributed by atoms with Gasteiger partial charge in [0.1, 0.15) is 5.82 Å². The molecule has 3 aromatic rings. The number of rotatable bonds is 7. The number of hydrogen-bond acceptors (Lipinski definition) is 6. The molecule has 1 fully saturated rings. The average molecular weight is 407 g/mol. The molecule has 30 heavy (non-hydrogen) atoms. The number of primary amides is 1. The average Bonchev–Trinajstić information content (AvgIpc) is 3.48. The number of nitrogens with one attached hydrogen (secondary N) is 2. The molecular weight excluding hydrogens is 382 g/mol. The summed E-state index contributed by atoms with van der Waals surface area (Å²) in [5, 5.41) is 9.46. The zero-order valence-electron chi connectivity index (χ0n) is 17.0. The Kier molecular flexibility index (Phi) is 6.74. The first-order valence-electron chi connectivity index (χ1n) is 9.64. The Bertz CT molecular complexity index is 1030. The maximum atomic E-state index is 10.7. The summed E-state index contributed by atoms with van der Waals surface area (Å²) in [7, 11) is 1.63. The van der Waals surface area contributed by atoms with Gasteiger partial charge in [-0.3, -0.25) is 19.3 Å². The van der Waals surface area contributed by atoms with Gasteiger partial charge in [0, 0.05) is 37.2 Å². The number of aryl methyl sites for hydroxylation is 2. The summed E-state index contributed by atoms with van der Waals surface area (Å²) < 4.78 is 1.39. The lowest BCUT2D eigenvalue weighted by Gasteiger charge is -2.07. The molecule has 9 heteroatoms. The summed E-state index contributed by atoms with van der Waals surface area (Å²) in [5.41, 5.74) is 8.53. The fraction of sp³-hybridized carbons (Fsp3) is 0.286. The molecule has 1 aliphatic carbocycles. The number of nitrogens with two attached hydrogens (primary N) is 1. The zero-order valence-corrected chi connectivity index (χ0v) is 17.0. The van der Waals surface area contributed by atoms with E-state index in [-0.39, 0.29) is 5.69 Å². The normalized spacial score (nSPS) is 12.5. The van der Waals surface area contributed by atoms with Crippen molar-refractivity contribution in [3.8, 4) is 11.3 Å². The Morgan fingerprint density at radius 1 is 1.33 bits per heavy atom. The van der Waals surface area contributed by atoms with Gasteiger partial charge in [0.25, 0.3) is 5.91 Å². The van der Waals surface area contributed by atoms with E-state index >= 15 is 0 Å². The minimum Gasteiger partial charge on any atom is -0.370 e. The summed E-state index contributed by atoms with van der Waals surface area (Å²) in [6.45, 7) is 3.05. The monoisotopic (exact) mass is 407 g/mol. The first-order valence-corrected chi connectivity index (χ1v) is 9.64. The molecule has 156 valence electrons. The number of aromatic nitrogens is 4. The van der Waals surface area contributed by atoms with Gasteiger partial charge in [-0.05, 0) is 49.9 Å². The van der Waals surface area contributed by atoms with Crippen LogP contribution in [0.3, 0.4) is 0 Å². The van der Waals surface area contributed by atoms with Crippen molar-refractivity contribution in [2.45, 2.75) is 19.8 Å². The number of pyridine rings is 2. The summed E-state index contributed by atoms with van der Waals surface area (Å²) in [5.74, 6) is 1.13. The van der Waals surface area contributed by atoms with E-state index in [0.717, 1.165) is 35.2 Å². The minimum absolute atomic E-state index is 0.0598. The number of carbonyl (C=O) groups excluding carboxylic acids is 2. The molecule has 0 spiro atoms. The highest BCUT2D eigenvalue weighted by atomic mass is 16.1. The van der Waals surface area contributed by atoms with Crippen molar-refractivity contribution in [1.29, 1.82) is 0 Å². The smallest absolute Gasteiger partial charge is 0.271 e. The second-order valence-electron chi connectivity index (χ2n) is 7.11. The molecule has 4 rings (SSSR count). The Morgan fingerprint density at radius 2 is 2.13 bits per heavy atom. The van der Waals surface area contributed by atoms with Gasteiger partial charge in [0.2, 0.25) is 6.41 Å². The Morgan fingerprint density at radius 3 is 2.80 bits per heavy atom. The second kappa shape index (κ2) is 9.64. The van der Waals surface area contributed by atoms with Gasteiger partial charge in [-0.2, -0.15) is 5.10 Å². The highest BCUT2D eigenvalue weighted by molar-refractivity contribution is 5.98. The fourth-order valence-corrected chi connectivity index (χ4v) is 2.80. The van der Waals surface area contributed by atoms with Gasteiger partial charge >= 0.3 is 0 Å².